The average molecular weight is 375 g/mol. The van der Waals surface area contributed by atoms with Crippen LogP contribution in [0.5, 0.6) is 0 Å². The van der Waals surface area contributed by atoms with Crippen molar-refractivity contribution < 1.29 is 4.42 Å². The van der Waals surface area contributed by atoms with Gasteiger partial charge in [0.1, 0.15) is 16.8 Å². The molecule has 1 aliphatic rings. The third-order valence-electron chi connectivity index (χ3n) is 4.02. The summed E-state index contributed by atoms with van der Waals surface area (Å²) in [7, 11) is 0. The molecule has 1 N–H and O–H groups in total. The van der Waals surface area contributed by atoms with Crippen molar-refractivity contribution in [2.45, 2.75) is 32.2 Å². The molecule has 5 nitrogen and oxygen atoms in total. The van der Waals surface area contributed by atoms with Gasteiger partial charge in [-0.25, -0.2) is 15.0 Å². The highest BCUT2D eigenvalue weighted by atomic mass is 35.5. The lowest BCUT2D eigenvalue weighted by Crippen LogP contribution is -2.04. The van der Waals surface area contributed by atoms with Crippen molar-refractivity contribution >= 4 is 29.0 Å². The molecule has 25 heavy (non-hydrogen) atoms. The quantitative estimate of drug-likeness (QED) is 0.618. The summed E-state index contributed by atoms with van der Waals surface area (Å²) >= 11 is 12.0. The number of oxazole rings is 1. The fourth-order valence-electron chi connectivity index (χ4n) is 2.61. The van der Waals surface area contributed by atoms with E-state index in [9.17, 15) is 0 Å². The number of halogens is 2. The van der Waals surface area contributed by atoms with Crippen LogP contribution in [0.2, 0.25) is 10.2 Å². The summed E-state index contributed by atoms with van der Waals surface area (Å²) in [4.78, 5) is 13.3. The standard InChI is InChI=1S/C18H16Cl2N4O/c1-10-17(11-4-6-13(19)7-5-11)25-16(22-10)9-21-15-8-14(20)23-18(24-15)12-2-3-12/h4-8,12H,2-3,9H2,1H3,(H,21,23,24). The zero-order valence-corrected chi connectivity index (χ0v) is 15.1. The smallest absolute Gasteiger partial charge is 0.214 e. The lowest BCUT2D eigenvalue weighted by molar-refractivity contribution is 0.515. The second-order valence-corrected chi connectivity index (χ2v) is 6.91. The van der Waals surface area contributed by atoms with Crippen molar-refractivity contribution in [2.75, 3.05) is 5.32 Å². The van der Waals surface area contributed by atoms with Gasteiger partial charge in [0.2, 0.25) is 5.89 Å². The van der Waals surface area contributed by atoms with Crippen LogP contribution in [0.15, 0.2) is 34.7 Å². The Morgan fingerprint density at radius 1 is 1.12 bits per heavy atom. The van der Waals surface area contributed by atoms with E-state index in [4.69, 9.17) is 27.6 Å². The lowest BCUT2D eigenvalue weighted by Gasteiger charge is -2.05. The number of aryl methyl sites for hydroxylation is 1. The number of anilines is 1. The van der Waals surface area contributed by atoms with Gasteiger partial charge in [-0.3, -0.25) is 0 Å². The van der Waals surface area contributed by atoms with Crippen LogP contribution in [-0.2, 0) is 6.54 Å². The molecule has 0 bridgehead atoms. The van der Waals surface area contributed by atoms with Crippen LogP contribution in [0.3, 0.4) is 0 Å². The number of aromatic nitrogens is 3. The summed E-state index contributed by atoms with van der Waals surface area (Å²) < 4.78 is 5.89. The number of nitrogens with zero attached hydrogens (tertiary/aromatic N) is 3. The molecule has 7 heteroatoms. The Morgan fingerprint density at radius 2 is 1.88 bits per heavy atom. The number of hydrogen-bond donors (Lipinski definition) is 1. The van der Waals surface area contributed by atoms with E-state index in [2.05, 4.69) is 20.3 Å². The Hall–Kier alpha value is -2.11. The molecule has 0 unspecified atom stereocenters. The van der Waals surface area contributed by atoms with Crippen LogP contribution < -0.4 is 5.32 Å². The maximum Gasteiger partial charge on any atom is 0.214 e. The summed E-state index contributed by atoms with van der Waals surface area (Å²) in [6.07, 6.45) is 2.26. The molecule has 1 aliphatic carbocycles. The van der Waals surface area contributed by atoms with E-state index < -0.39 is 0 Å². The van der Waals surface area contributed by atoms with E-state index in [1.165, 1.54) is 0 Å². The highest BCUT2D eigenvalue weighted by molar-refractivity contribution is 6.30. The first-order valence-electron chi connectivity index (χ1n) is 8.09. The third-order valence-corrected chi connectivity index (χ3v) is 4.47. The fourth-order valence-corrected chi connectivity index (χ4v) is 2.93. The number of rotatable bonds is 5. The number of hydrogen-bond acceptors (Lipinski definition) is 5. The van der Waals surface area contributed by atoms with Gasteiger partial charge in [-0.05, 0) is 44.0 Å². The Labute approximate surface area is 155 Å². The van der Waals surface area contributed by atoms with Crippen molar-refractivity contribution in [3.8, 4) is 11.3 Å². The molecular formula is C18H16Cl2N4O. The Morgan fingerprint density at radius 3 is 2.60 bits per heavy atom. The van der Waals surface area contributed by atoms with Gasteiger partial charge in [-0.2, -0.15) is 0 Å². The molecule has 0 amide bonds. The molecule has 2 aromatic heterocycles. The monoisotopic (exact) mass is 374 g/mol. The number of nitrogens with one attached hydrogen (secondary N) is 1. The maximum absolute atomic E-state index is 6.08. The Kier molecular flexibility index (Phi) is 4.36. The molecule has 4 rings (SSSR count). The van der Waals surface area contributed by atoms with Gasteiger partial charge in [-0.15, -0.1) is 0 Å². The van der Waals surface area contributed by atoms with E-state index in [1.807, 2.05) is 31.2 Å². The van der Waals surface area contributed by atoms with Gasteiger partial charge in [0.15, 0.2) is 5.76 Å². The molecule has 1 aromatic carbocycles. The molecule has 0 spiro atoms. The Balaban J connectivity index is 1.50. The molecule has 0 atom stereocenters. The third kappa shape index (κ3) is 3.78. The van der Waals surface area contributed by atoms with Crippen molar-refractivity contribution in [3.05, 3.63) is 57.9 Å². The van der Waals surface area contributed by atoms with E-state index in [1.54, 1.807) is 6.07 Å². The fraction of sp³-hybridized carbons (Fsp3) is 0.278. The maximum atomic E-state index is 6.08. The largest absolute Gasteiger partial charge is 0.438 e. The summed E-state index contributed by atoms with van der Waals surface area (Å²) in [6, 6.07) is 9.21. The second kappa shape index (κ2) is 6.65. The van der Waals surface area contributed by atoms with Crippen molar-refractivity contribution in [1.29, 1.82) is 0 Å². The van der Waals surface area contributed by atoms with Crippen LogP contribution in [0.4, 0.5) is 5.82 Å². The van der Waals surface area contributed by atoms with Gasteiger partial charge in [-0.1, -0.05) is 23.2 Å². The molecule has 2 heterocycles. The summed E-state index contributed by atoms with van der Waals surface area (Å²) in [6.45, 7) is 2.34. The normalized spacial score (nSPS) is 13.9. The average Bonchev–Trinajstić information content (AvgIpc) is 3.37. The molecule has 1 fully saturated rings. The minimum atomic E-state index is 0.422. The molecule has 0 saturated heterocycles. The molecule has 1 saturated carbocycles. The molecular weight excluding hydrogens is 359 g/mol. The topological polar surface area (TPSA) is 63.8 Å². The molecule has 3 aromatic rings. The van der Waals surface area contributed by atoms with E-state index >= 15 is 0 Å². The first-order valence-corrected chi connectivity index (χ1v) is 8.84. The van der Waals surface area contributed by atoms with Crippen LogP contribution >= 0.6 is 23.2 Å². The first kappa shape index (κ1) is 16.4. The van der Waals surface area contributed by atoms with E-state index in [0.717, 1.165) is 35.7 Å². The van der Waals surface area contributed by atoms with Gasteiger partial charge >= 0.3 is 0 Å². The van der Waals surface area contributed by atoms with Crippen molar-refractivity contribution in [1.82, 2.24) is 15.0 Å². The minimum absolute atomic E-state index is 0.422. The van der Waals surface area contributed by atoms with Gasteiger partial charge in [0, 0.05) is 22.6 Å². The van der Waals surface area contributed by atoms with Crippen molar-refractivity contribution in [3.63, 3.8) is 0 Å². The molecule has 0 radical (unpaired) electrons. The predicted octanol–water partition coefficient (Wildman–Crippen LogP) is 5.24. The highest BCUT2D eigenvalue weighted by Gasteiger charge is 2.27. The predicted molar refractivity (Wildman–Crippen MR) is 98.0 cm³/mol. The van der Waals surface area contributed by atoms with Crippen LogP contribution in [-0.4, -0.2) is 15.0 Å². The van der Waals surface area contributed by atoms with Gasteiger partial charge in [0.25, 0.3) is 0 Å². The van der Waals surface area contributed by atoms with Gasteiger partial charge in [0.05, 0.1) is 12.2 Å². The molecule has 128 valence electrons. The summed E-state index contributed by atoms with van der Waals surface area (Å²) in [5.41, 5.74) is 1.78. The van der Waals surface area contributed by atoms with Gasteiger partial charge < -0.3 is 9.73 Å². The zero-order chi connectivity index (χ0) is 17.4. The SMILES string of the molecule is Cc1nc(CNc2cc(Cl)nc(C3CC3)n2)oc1-c1ccc(Cl)cc1. The zero-order valence-electron chi connectivity index (χ0n) is 13.6. The minimum Gasteiger partial charge on any atom is -0.438 e. The lowest BCUT2D eigenvalue weighted by atomic mass is 10.1. The summed E-state index contributed by atoms with van der Waals surface area (Å²) in [5, 5.41) is 4.35. The van der Waals surface area contributed by atoms with Crippen molar-refractivity contribution in [2.24, 2.45) is 0 Å². The number of benzene rings is 1. The van der Waals surface area contributed by atoms with E-state index in [-0.39, 0.29) is 0 Å². The first-order chi connectivity index (χ1) is 12.1. The van der Waals surface area contributed by atoms with Crippen LogP contribution in [0.25, 0.3) is 11.3 Å². The summed E-state index contributed by atoms with van der Waals surface area (Å²) in [5.74, 6) is 3.27. The highest BCUT2D eigenvalue weighted by Crippen LogP contribution is 2.38. The van der Waals surface area contributed by atoms with Crippen LogP contribution in [0, 0.1) is 6.92 Å². The van der Waals surface area contributed by atoms with Crippen LogP contribution in [0.1, 0.15) is 36.2 Å². The second-order valence-electron chi connectivity index (χ2n) is 6.09. The molecule has 0 aliphatic heterocycles. The van der Waals surface area contributed by atoms with E-state index in [0.29, 0.717) is 34.3 Å². The Bertz CT molecular complexity index is 904.